The van der Waals surface area contributed by atoms with Crippen molar-refractivity contribution in [3.8, 4) is 5.88 Å². The molecule has 2 aromatic rings. The molecule has 2 aliphatic rings. The summed E-state index contributed by atoms with van der Waals surface area (Å²) in [5.41, 5.74) is 1.07. The van der Waals surface area contributed by atoms with Gasteiger partial charge >= 0.3 is 0 Å². The van der Waals surface area contributed by atoms with Gasteiger partial charge < -0.3 is 14.5 Å². The van der Waals surface area contributed by atoms with Crippen molar-refractivity contribution in [2.45, 2.75) is 51.0 Å². The molecule has 7 heteroatoms. The Kier molecular flexibility index (Phi) is 6.99. The molecule has 1 saturated heterocycles. The van der Waals surface area contributed by atoms with Crippen molar-refractivity contribution in [1.82, 2.24) is 14.9 Å². The van der Waals surface area contributed by atoms with E-state index >= 15 is 0 Å². The Labute approximate surface area is 183 Å². The molecule has 1 aromatic heterocycles. The Morgan fingerprint density at radius 3 is 2.52 bits per heavy atom. The van der Waals surface area contributed by atoms with Gasteiger partial charge in [-0.3, -0.25) is 4.79 Å². The van der Waals surface area contributed by atoms with Gasteiger partial charge in [0.1, 0.15) is 5.82 Å². The van der Waals surface area contributed by atoms with Crippen molar-refractivity contribution in [2.75, 3.05) is 31.6 Å². The Bertz CT molecular complexity index is 862. The molecular weight excluding hydrogens is 395 g/mol. The number of aromatic nitrogens is 2. The van der Waals surface area contributed by atoms with Crippen molar-refractivity contribution in [1.29, 1.82) is 0 Å². The van der Waals surface area contributed by atoms with E-state index in [4.69, 9.17) is 4.74 Å². The number of methoxy groups -OCH3 is 1. The summed E-state index contributed by atoms with van der Waals surface area (Å²) in [6.45, 7) is 2.23. The number of ether oxygens (including phenoxy) is 1. The molecule has 2 heterocycles. The molecular formula is C24H31FN4O2. The summed E-state index contributed by atoms with van der Waals surface area (Å²) in [5.74, 6) is 1.31. The minimum atomic E-state index is -0.223. The molecule has 0 bridgehead atoms. The molecule has 6 nitrogen and oxygen atoms in total. The number of piperidine rings is 1. The maximum atomic E-state index is 13.5. The lowest BCUT2D eigenvalue weighted by molar-refractivity contribution is -0.138. The van der Waals surface area contributed by atoms with Gasteiger partial charge in [0.05, 0.1) is 7.11 Å². The number of nitrogens with zero attached hydrogens (tertiary/aromatic N) is 4. The first-order chi connectivity index (χ1) is 15.1. The summed E-state index contributed by atoms with van der Waals surface area (Å²) in [6, 6.07) is 8.70. The Hall–Kier alpha value is -2.70. The molecule has 0 N–H and O–H groups in total. The van der Waals surface area contributed by atoms with Crippen LogP contribution in [0.5, 0.6) is 5.88 Å². The Morgan fingerprint density at radius 2 is 1.84 bits per heavy atom. The minimum Gasteiger partial charge on any atom is -0.481 e. The number of carbonyl (C=O) groups excluding carboxylic acids is 1. The highest BCUT2D eigenvalue weighted by atomic mass is 19.1. The highest BCUT2D eigenvalue weighted by molar-refractivity contribution is 5.79. The molecule has 1 aromatic carbocycles. The highest BCUT2D eigenvalue weighted by Gasteiger charge is 2.33. The van der Waals surface area contributed by atoms with Crippen molar-refractivity contribution >= 4 is 11.9 Å². The quantitative estimate of drug-likeness (QED) is 0.673. The molecule has 2 fully saturated rings. The summed E-state index contributed by atoms with van der Waals surface area (Å²) < 4.78 is 18.4. The van der Waals surface area contributed by atoms with Gasteiger partial charge in [-0.15, -0.1) is 0 Å². The highest BCUT2D eigenvalue weighted by Crippen LogP contribution is 2.29. The summed E-state index contributed by atoms with van der Waals surface area (Å²) in [6.07, 6.45) is 8.64. The molecule has 1 aliphatic carbocycles. The fourth-order valence-electron chi connectivity index (χ4n) is 4.75. The molecule has 0 spiro atoms. The minimum absolute atomic E-state index is 0.0377. The smallest absolute Gasteiger partial charge is 0.228 e. The van der Waals surface area contributed by atoms with E-state index in [1.165, 1.54) is 25.0 Å². The molecule has 0 atom stereocenters. The maximum absolute atomic E-state index is 13.5. The largest absolute Gasteiger partial charge is 0.481 e. The van der Waals surface area contributed by atoms with E-state index in [0.29, 0.717) is 24.4 Å². The van der Waals surface area contributed by atoms with Crippen molar-refractivity contribution in [3.05, 3.63) is 47.9 Å². The topological polar surface area (TPSA) is 58.6 Å². The first kappa shape index (κ1) is 21.5. The van der Waals surface area contributed by atoms with Crippen LogP contribution in [0.4, 0.5) is 10.3 Å². The lowest BCUT2D eigenvalue weighted by Crippen LogP contribution is -2.47. The van der Waals surface area contributed by atoms with Crippen LogP contribution in [0.2, 0.25) is 0 Å². The van der Waals surface area contributed by atoms with Crippen LogP contribution in [0.15, 0.2) is 36.5 Å². The third-order valence-electron chi connectivity index (χ3n) is 6.56. The number of benzene rings is 1. The maximum Gasteiger partial charge on any atom is 0.228 e. The Balaban J connectivity index is 1.38. The lowest BCUT2D eigenvalue weighted by atomic mass is 9.94. The van der Waals surface area contributed by atoms with Crippen LogP contribution < -0.4 is 9.64 Å². The normalized spacial score (nSPS) is 17.7. The van der Waals surface area contributed by atoms with Gasteiger partial charge in [0, 0.05) is 43.9 Å². The van der Waals surface area contributed by atoms with Crippen LogP contribution in [0.1, 0.15) is 44.1 Å². The molecule has 0 radical (unpaired) electrons. The zero-order chi connectivity index (χ0) is 21.6. The predicted octanol–water partition coefficient (Wildman–Crippen LogP) is 3.85. The van der Waals surface area contributed by atoms with Crippen LogP contribution in [0.25, 0.3) is 0 Å². The number of hydrogen-bond acceptors (Lipinski definition) is 5. The van der Waals surface area contributed by atoms with Crippen LogP contribution >= 0.6 is 0 Å². The first-order valence-corrected chi connectivity index (χ1v) is 11.3. The van der Waals surface area contributed by atoms with Gasteiger partial charge in [0.2, 0.25) is 17.7 Å². The molecule has 4 rings (SSSR count). The molecule has 31 heavy (non-hydrogen) atoms. The van der Waals surface area contributed by atoms with E-state index in [0.717, 1.165) is 50.8 Å². The summed E-state index contributed by atoms with van der Waals surface area (Å²) in [4.78, 5) is 26.5. The first-order valence-electron chi connectivity index (χ1n) is 11.3. The second-order valence-electron chi connectivity index (χ2n) is 8.51. The van der Waals surface area contributed by atoms with Crippen molar-refractivity contribution in [3.63, 3.8) is 0 Å². The summed E-state index contributed by atoms with van der Waals surface area (Å²) in [5, 5.41) is 0. The number of amides is 1. The van der Waals surface area contributed by atoms with E-state index in [1.807, 2.05) is 12.1 Å². The average molecular weight is 427 g/mol. The van der Waals surface area contributed by atoms with E-state index in [-0.39, 0.29) is 17.6 Å². The van der Waals surface area contributed by atoms with Gasteiger partial charge in [0.15, 0.2) is 0 Å². The monoisotopic (exact) mass is 426 g/mol. The molecule has 0 unspecified atom stereocenters. The third kappa shape index (κ3) is 5.32. The van der Waals surface area contributed by atoms with E-state index < -0.39 is 0 Å². The predicted molar refractivity (Wildman–Crippen MR) is 118 cm³/mol. The van der Waals surface area contributed by atoms with Gasteiger partial charge in [-0.2, -0.15) is 4.98 Å². The van der Waals surface area contributed by atoms with Crippen LogP contribution in [0, 0.1) is 11.7 Å². The third-order valence-corrected chi connectivity index (χ3v) is 6.56. The second kappa shape index (κ2) is 10.1. The van der Waals surface area contributed by atoms with E-state index in [2.05, 4.69) is 19.8 Å². The number of halogens is 1. The number of anilines is 1. The van der Waals surface area contributed by atoms with Crippen molar-refractivity contribution in [2.24, 2.45) is 5.92 Å². The lowest BCUT2D eigenvalue weighted by Gasteiger charge is -2.36. The number of carbonyl (C=O) groups is 1. The van der Waals surface area contributed by atoms with Crippen molar-refractivity contribution < 1.29 is 13.9 Å². The fourth-order valence-corrected chi connectivity index (χ4v) is 4.75. The average Bonchev–Trinajstić information content (AvgIpc) is 3.35. The second-order valence-corrected chi connectivity index (χ2v) is 8.51. The fraction of sp³-hybridized carbons (Fsp3) is 0.542. The summed E-state index contributed by atoms with van der Waals surface area (Å²) >= 11 is 0. The SMILES string of the molecule is COc1ccnc(N2CCC(C(=O)N(CCc3ccc(F)cc3)C3CCCC3)CC2)n1. The van der Waals surface area contributed by atoms with Crippen LogP contribution in [-0.4, -0.2) is 53.6 Å². The van der Waals surface area contributed by atoms with Gasteiger partial charge in [-0.05, 0) is 49.8 Å². The molecule has 166 valence electrons. The zero-order valence-electron chi connectivity index (χ0n) is 18.2. The van der Waals surface area contributed by atoms with Gasteiger partial charge in [-0.1, -0.05) is 25.0 Å². The molecule has 1 amide bonds. The molecule has 1 saturated carbocycles. The Morgan fingerprint density at radius 1 is 1.13 bits per heavy atom. The molecule has 1 aliphatic heterocycles. The number of rotatable bonds is 7. The standard InChI is InChI=1S/C24H31FN4O2/c1-31-22-10-14-26-24(27-22)28-15-12-19(13-16-28)23(30)29(21-4-2-3-5-21)17-11-18-6-8-20(25)9-7-18/h6-10,14,19,21H,2-5,11-13,15-17H2,1H3. The van der Waals surface area contributed by atoms with Gasteiger partial charge in [0.25, 0.3) is 0 Å². The van der Waals surface area contributed by atoms with Crippen LogP contribution in [0.3, 0.4) is 0 Å². The number of hydrogen-bond donors (Lipinski definition) is 0. The van der Waals surface area contributed by atoms with Crippen LogP contribution in [-0.2, 0) is 11.2 Å². The van der Waals surface area contributed by atoms with E-state index in [9.17, 15) is 9.18 Å². The zero-order valence-corrected chi connectivity index (χ0v) is 18.2. The summed E-state index contributed by atoms with van der Waals surface area (Å²) in [7, 11) is 1.60. The van der Waals surface area contributed by atoms with E-state index in [1.54, 1.807) is 19.4 Å². The van der Waals surface area contributed by atoms with Gasteiger partial charge in [-0.25, -0.2) is 9.37 Å².